The lowest BCUT2D eigenvalue weighted by molar-refractivity contribution is 0.0906. The minimum absolute atomic E-state index is 0.183. The second kappa shape index (κ2) is 11.5. The van der Waals surface area contributed by atoms with Crippen molar-refractivity contribution in [2.75, 3.05) is 12.9 Å². The zero-order valence-corrected chi connectivity index (χ0v) is 24.2. The summed E-state index contributed by atoms with van der Waals surface area (Å²) in [7, 11) is -3.54. The molecular formula is C30H36N2O5S. The molecule has 2 aromatic carbocycles. The standard InChI is InChI=1S/C30H36N2O5S/c1-18(2)16-32-30(37-17-25(33)23-12-10-9-11-13-23)28(22(7)31-32)29(34)24-14-15-26(38(8,35)36)27(21(24)6)20(5)19(3)4/h9-15,18H,16-17H2,1-8H3. The molecule has 1 aromatic heterocycles. The Morgan fingerprint density at radius 3 is 2.16 bits per heavy atom. The molecule has 0 unspecified atom stereocenters. The Hall–Kier alpha value is -3.52. The fourth-order valence-corrected chi connectivity index (χ4v) is 5.36. The van der Waals surface area contributed by atoms with Crippen molar-refractivity contribution < 1.29 is 22.7 Å². The Balaban J connectivity index is 2.15. The molecule has 0 N–H and O–H groups in total. The molecule has 0 saturated carbocycles. The molecule has 0 atom stereocenters. The third-order valence-corrected chi connectivity index (χ3v) is 7.62. The fraction of sp³-hybridized carbons (Fsp3) is 0.367. The number of carbonyl (C=O) groups excluding carboxylic acids is 2. The number of ether oxygens (including phenoxy) is 1. The van der Waals surface area contributed by atoms with Crippen molar-refractivity contribution in [2.45, 2.75) is 59.9 Å². The number of hydrogen-bond acceptors (Lipinski definition) is 6. The molecule has 0 saturated heterocycles. The minimum atomic E-state index is -3.54. The molecule has 0 aliphatic rings. The van der Waals surface area contributed by atoms with E-state index in [2.05, 4.69) is 5.10 Å². The summed E-state index contributed by atoms with van der Waals surface area (Å²) in [5.74, 6) is -0.0983. The molecule has 3 aromatic rings. The molecule has 202 valence electrons. The summed E-state index contributed by atoms with van der Waals surface area (Å²) >= 11 is 0. The third-order valence-electron chi connectivity index (χ3n) is 6.48. The van der Waals surface area contributed by atoms with Crippen LogP contribution in [0.3, 0.4) is 0 Å². The van der Waals surface area contributed by atoms with Gasteiger partial charge in [-0.15, -0.1) is 0 Å². The molecule has 1 heterocycles. The van der Waals surface area contributed by atoms with E-state index >= 15 is 0 Å². The SMILES string of the molecule is CC(C)=C(C)c1c(S(C)(=O)=O)ccc(C(=O)c2c(C)nn(CC(C)C)c2OCC(=O)c2ccccc2)c1C. The number of ketones is 2. The zero-order valence-electron chi connectivity index (χ0n) is 23.4. The van der Waals surface area contributed by atoms with Gasteiger partial charge in [-0.25, -0.2) is 13.1 Å². The highest BCUT2D eigenvalue weighted by Gasteiger charge is 2.29. The number of Topliss-reactive ketones (excluding diaryl/α,β-unsaturated/α-hetero) is 1. The summed E-state index contributed by atoms with van der Waals surface area (Å²) in [5.41, 5.74) is 4.47. The number of nitrogens with zero attached hydrogens (tertiary/aromatic N) is 2. The van der Waals surface area contributed by atoms with E-state index in [-0.39, 0.29) is 40.4 Å². The molecule has 0 bridgehead atoms. The Kier molecular flexibility index (Phi) is 8.77. The molecule has 0 aliphatic heterocycles. The average molecular weight is 537 g/mol. The maximum atomic E-state index is 14.0. The quantitative estimate of drug-likeness (QED) is 0.301. The van der Waals surface area contributed by atoms with Gasteiger partial charge in [-0.1, -0.05) is 49.8 Å². The van der Waals surface area contributed by atoms with Gasteiger partial charge in [0.15, 0.2) is 22.2 Å². The lowest BCUT2D eigenvalue weighted by Gasteiger charge is -2.17. The summed E-state index contributed by atoms with van der Waals surface area (Å²) in [6.45, 7) is 13.5. The van der Waals surface area contributed by atoms with Gasteiger partial charge in [0.1, 0.15) is 5.56 Å². The third kappa shape index (κ3) is 6.13. The van der Waals surface area contributed by atoms with Crippen LogP contribution < -0.4 is 4.74 Å². The molecule has 7 nitrogen and oxygen atoms in total. The van der Waals surface area contributed by atoms with Crippen LogP contribution in [-0.2, 0) is 16.4 Å². The molecule has 0 spiro atoms. The van der Waals surface area contributed by atoms with Crippen LogP contribution in [-0.4, -0.2) is 42.6 Å². The molecule has 8 heteroatoms. The number of benzene rings is 2. The van der Waals surface area contributed by atoms with E-state index in [1.807, 2.05) is 40.7 Å². The first-order valence-electron chi connectivity index (χ1n) is 12.5. The maximum Gasteiger partial charge on any atom is 0.224 e. The highest BCUT2D eigenvalue weighted by Crippen LogP contribution is 2.34. The highest BCUT2D eigenvalue weighted by atomic mass is 32.2. The smallest absolute Gasteiger partial charge is 0.224 e. The van der Waals surface area contributed by atoms with Crippen molar-refractivity contribution in [2.24, 2.45) is 5.92 Å². The first-order valence-corrected chi connectivity index (χ1v) is 14.4. The topological polar surface area (TPSA) is 95.3 Å². The van der Waals surface area contributed by atoms with Gasteiger partial charge < -0.3 is 4.74 Å². The largest absolute Gasteiger partial charge is 0.469 e. The van der Waals surface area contributed by atoms with Crippen LogP contribution >= 0.6 is 0 Å². The minimum Gasteiger partial charge on any atom is -0.469 e. The van der Waals surface area contributed by atoms with Crippen LogP contribution in [0.15, 0.2) is 52.9 Å². The second-order valence-corrected chi connectivity index (χ2v) is 12.2. The fourth-order valence-electron chi connectivity index (χ4n) is 4.37. The van der Waals surface area contributed by atoms with Gasteiger partial charge in [-0.3, -0.25) is 9.59 Å². The van der Waals surface area contributed by atoms with Crippen LogP contribution in [0.5, 0.6) is 5.88 Å². The number of aromatic nitrogens is 2. The Bertz CT molecular complexity index is 1510. The molecule has 0 radical (unpaired) electrons. The van der Waals surface area contributed by atoms with Crippen molar-refractivity contribution in [3.63, 3.8) is 0 Å². The van der Waals surface area contributed by atoms with Gasteiger partial charge in [0.05, 0.1) is 10.6 Å². The van der Waals surface area contributed by atoms with Crippen LogP contribution in [0.2, 0.25) is 0 Å². The summed E-state index contributed by atoms with van der Waals surface area (Å²) < 4.78 is 32.8. The van der Waals surface area contributed by atoms with E-state index in [0.717, 1.165) is 11.1 Å². The first-order chi connectivity index (χ1) is 17.7. The normalized spacial score (nSPS) is 11.5. The molecule has 0 aliphatic carbocycles. The van der Waals surface area contributed by atoms with Crippen molar-refractivity contribution in [3.05, 3.63) is 81.5 Å². The number of rotatable bonds is 10. The average Bonchev–Trinajstić information content (AvgIpc) is 3.14. The van der Waals surface area contributed by atoms with E-state index in [9.17, 15) is 18.0 Å². The Morgan fingerprint density at radius 1 is 0.974 bits per heavy atom. The highest BCUT2D eigenvalue weighted by molar-refractivity contribution is 7.90. The van der Waals surface area contributed by atoms with E-state index in [1.54, 1.807) is 48.9 Å². The molecular weight excluding hydrogens is 500 g/mol. The number of aryl methyl sites for hydroxylation is 1. The summed E-state index contributed by atoms with van der Waals surface area (Å²) in [4.78, 5) is 27.0. The van der Waals surface area contributed by atoms with Crippen molar-refractivity contribution >= 4 is 27.0 Å². The van der Waals surface area contributed by atoms with Crippen LogP contribution in [0, 0.1) is 19.8 Å². The van der Waals surface area contributed by atoms with Crippen LogP contribution in [0.25, 0.3) is 5.57 Å². The maximum absolute atomic E-state index is 14.0. The molecule has 0 fully saturated rings. The number of carbonyl (C=O) groups is 2. The zero-order chi connectivity index (χ0) is 28.4. The summed E-state index contributed by atoms with van der Waals surface area (Å²) in [6.07, 6.45) is 1.17. The van der Waals surface area contributed by atoms with Gasteiger partial charge in [-0.05, 0) is 69.4 Å². The van der Waals surface area contributed by atoms with Gasteiger partial charge >= 0.3 is 0 Å². The number of hydrogen-bond donors (Lipinski definition) is 0. The Labute approximate surface area is 225 Å². The van der Waals surface area contributed by atoms with Gasteiger partial charge in [0.25, 0.3) is 0 Å². The van der Waals surface area contributed by atoms with E-state index in [1.165, 1.54) is 12.3 Å². The predicted octanol–water partition coefficient (Wildman–Crippen LogP) is 5.87. The van der Waals surface area contributed by atoms with Crippen LogP contribution in [0.4, 0.5) is 0 Å². The molecule has 38 heavy (non-hydrogen) atoms. The lowest BCUT2D eigenvalue weighted by atomic mass is 9.91. The van der Waals surface area contributed by atoms with Crippen molar-refractivity contribution in [3.8, 4) is 5.88 Å². The van der Waals surface area contributed by atoms with E-state index < -0.39 is 9.84 Å². The molecule has 0 amide bonds. The predicted molar refractivity (Wildman–Crippen MR) is 150 cm³/mol. The van der Waals surface area contributed by atoms with Gasteiger partial charge in [0.2, 0.25) is 11.7 Å². The monoisotopic (exact) mass is 536 g/mol. The van der Waals surface area contributed by atoms with Gasteiger partial charge in [-0.2, -0.15) is 5.10 Å². The van der Waals surface area contributed by atoms with E-state index in [0.29, 0.717) is 34.5 Å². The second-order valence-electron chi connectivity index (χ2n) is 10.3. The lowest BCUT2D eigenvalue weighted by Crippen LogP contribution is -2.17. The Morgan fingerprint density at radius 2 is 1.61 bits per heavy atom. The first kappa shape index (κ1) is 29.0. The summed E-state index contributed by atoms with van der Waals surface area (Å²) in [5, 5.41) is 4.57. The number of allylic oxidation sites excluding steroid dienone is 2. The summed E-state index contributed by atoms with van der Waals surface area (Å²) in [6, 6.07) is 11.9. The van der Waals surface area contributed by atoms with E-state index in [4.69, 9.17) is 4.74 Å². The van der Waals surface area contributed by atoms with Crippen molar-refractivity contribution in [1.82, 2.24) is 9.78 Å². The van der Waals surface area contributed by atoms with Crippen LogP contribution in [0.1, 0.15) is 77.7 Å². The molecule has 3 rings (SSSR count). The van der Waals surface area contributed by atoms with Crippen molar-refractivity contribution in [1.29, 1.82) is 0 Å². The number of sulfone groups is 1. The van der Waals surface area contributed by atoms with Gasteiger partial charge in [0, 0.05) is 23.9 Å².